The van der Waals surface area contributed by atoms with Crippen molar-refractivity contribution >= 4 is 11.8 Å². The quantitative estimate of drug-likeness (QED) is 0.626. The van der Waals surface area contributed by atoms with E-state index >= 15 is 0 Å². The number of rotatable bonds is 7. The molecular formula is C19H21N3O2. The van der Waals surface area contributed by atoms with Crippen LogP contribution in [0.2, 0.25) is 0 Å². The summed E-state index contributed by atoms with van der Waals surface area (Å²) in [6, 6.07) is 11.7. The molecular weight excluding hydrogens is 302 g/mol. The molecule has 0 radical (unpaired) electrons. The molecule has 0 amide bonds. The van der Waals surface area contributed by atoms with Crippen molar-refractivity contribution in [2.24, 2.45) is 0 Å². The lowest BCUT2D eigenvalue weighted by atomic mass is 10.0. The minimum absolute atomic E-state index is 0.224. The van der Waals surface area contributed by atoms with Gasteiger partial charge in [-0.05, 0) is 43.5 Å². The normalized spacial score (nSPS) is 10.0. The van der Waals surface area contributed by atoms with Crippen molar-refractivity contribution in [3.63, 3.8) is 0 Å². The van der Waals surface area contributed by atoms with Crippen molar-refractivity contribution in [1.82, 2.24) is 4.98 Å². The molecule has 2 aromatic rings. The fourth-order valence-corrected chi connectivity index (χ4v) is 2.41. The van der Waals surface area contributed by atoms with E-state index in [1.165, 1.54) is 16.7 Å². The monoisotopic (exact) mass is 323 g/mol. The zero-order valence-electron chi connectivity index (χ0n) is 14.0. The highest BCUT2D eigenvalue weighted by atomic mass is 16.5. The highest BCUT2D eigenvalue weighted by Crippen LogP contribution is 2.13. The van der Waals surface area contributed by atoms with Crippen molar-refractivity contribution in [3.05, 3.63) is 58.8 Å². The first-order valence-electron chi connectivity index (χ1n) is 7.91. The molecule has 0 unspecified atom stereocenters. The Bertz CT molecular complexity index is 751. The van der Waals surface area contributed by atoms with Gasteiger partial charge in [-0.2, -0.15) is 5.26 Å². The van der Waals surface area contributed by atoms with Crippen molar-refractivity contribution < 1.29 is 9.53 Å². The van der Waals surface area contributed by atoms with E-state index in [4.69, 9.17) is 10.00 Å². The van der Waals surface area contributed by atoms with E-state index in [-0.39, 0.29) is 12.6 Å². The van der Waals surface area contributed by atoms with Crippen LogP contribution in [0.4, 0.5) is 5.82 Å². The van der Waals surface area contributed by atoms with E-state index in [1.807, 2.05) is 0 Å². The summed E-state index contributed by atoms with van der Waals surface area (Å²) in [5, 5.41) is 12.0. The predicted octanol–water partition coefficient (Wildman–Crippen LogP) is 3.16. The van der Waals surface area contributed by atoms with E-state index in [0.29, 0.717) is 30.8 Å². The molecule has 0 aliphatic heterocycles. The molecule has 24 heavy (non-hydrogen) atoms. The maximum Gasteiger partial charge on any atom is 0.306 e. The molecule has 0 saturated heterocycles. The fraction of sp³-hybridized carbons (Fsp3) is 0.316. The molecule has 0 bridgehead atoms. The lowest BCUT2D eigenvalue weighted by Gasteiger charge is -2.09. The molecule has 1 N–H and O–H groups in total. The van der Waals surface area contributed by atoms with E-state index in [0.717, 1.165) is 0 Å². The maximum atomic E-state index is 11.8. The number of ether oxygens (including phenoxy) is 1. The van der Waals surface area contributed by atoms with Crippen LogP contribution in [0, 0.1) is 25.2 Å². The Morgan fingerprint density at radius 1 is 1.33 bits per heavy atom. The largest absolute Gasteiger partial charge is 0.464 e. The Morgan fingerprint density at radius 2 is 2.17 bits per heavy atom. The number of benzene rings is 1. The molecule has 0 aliphatic rings. The number of hydrogen-bond donors (Lipinski definition) is 1. The van der Waals surface area contributed by atoms with Crippen LogP contribution in [0.3, 0.4) is 0 Å². The smallest absolute Gasteiger partial charge is 0.306 e. The van der Waals surface area contributed by atoms with Gasteiger partial charge in [-0.1, -0.05) is 23.8 Å². The number of aryl methyl sites for hydroxylation is 3. The number of hydrogen-bond acceptors (Lipinski definition) is 5. The van der Waals surface area contributed by atoms with Gasteiger partial charge in [0.1, 0.15) is 18.5 Å². The van der Waals surface area contributed by atoms with Gasteiger partial charge in [0.2, 0.25) is 0 Å². The molecule has 124 valence electrons. The number of aromatic nitrogens is 1. The second-order valence-corrected chi connectivity index (χ2v) is 5.59. The summed E-state index contributed by atoms with van der Waals surface area (Å²) in [4.78, 5) is 15.9. The Hall–Kier alpha value is -2.87. The number of carbonyl (C=O) groups is 1. The number of carbonyl (C=O) groups excluding carboxylic acids is 1. The number of nitrogens with zero attached hydrogens (tertiary/aromatic N) is 2. The summed E-state index contributed by atoms with van der Waals surface area (Å²) in [5.74, 6) is 0.282. The molecule has 5 heteroatoms. The topological polar surface area (TPSA) is 75.0 Å². The minimum Gasteiger partial charge on any atom is -0.464 e. The molecule has 2 rings (SSSR count). The summed E-state index contributed by atoms with van der Waals surface area (Å²) in [6.45, 7) is 4.77. The number of esters is 1. The average Bonchev–Trinajstić information content (AvgIpc) is 2.58. The maximum absolute atomic E-state index is 11.8. The third-order valence-electron chi connectivity index (χ3n) is 3.68. The van der Waals surface area contributed by atoms with E-state index in [2.05, 4.69) is 48.4 Å². The molecule has 0 saturated carbocycles. The second kappa shape index (κ2) is 8.68. The molecule has 0 fully saturated rings. The van der Waals surface area contributed by atoms with Crippen molar-refractivity contribution in [2.75, 3.05) is 18.5 Å². The van der Waals surface area contributed by atoms with Gasteiger partial charge in [-0.15, -0.1) is 0 Å². The van der Waals surface area contributed by atoms with Crippen molar-refractivity contribution in [2.45, 2.75) is 26.7 Å². The van der Waals surface area contributed by atoms with Crippen molar-refractivity contribution in [1.29, 1.82) is 5.26 Å². The lowest BCUT2D eigenvalue weighted by Crippen LogP contribution is -2.15. The van der Waals surface area contributed by atoms with Crippen LogP contribution in [0.25, 0.3) is 0 Å². The van der Waals surface area contributed by atoms with Crippen LogP contribution in [0.1, 0.15) is 28.7 Å². The first kappa shape index (κ1) is 17.5. The molecule has 0 aliphatic carbocycles. The van der Waals surface area contributed by atoms with E-state index in [9.17, 15) is 4.79 Å². The molecule has 0 spiro atoms. The Kier molecular flexibility index (Phi) is 6.32. The van der Waals surface area contributed by atoms with Crippen LogP contribution in [0.15, 0.2) is 36.5 Å². The fourth-order valence-electron chi connectivity index (χ4n) is 2.41. The van der Waals surface area contributed by atoms with Crippen LogP contribution in [-0.4, -0.2) is 24.1 Å². The summed E-state index contributed by atoms with van der Waals surface area (Å²) in [6.07, 6.45) is 2.65. The van der Waals surface area contributed by atoms with Gasteiger partial charge in [0.05, 0.1) is 12.1 Å². The molecule has 1 aromatic carbocycles. The Balaban J connectivity index is 1.71. The minimum atomic E-state index is -0.224. The van der Waals surface area contributed by atoms with Gasteiger partial charge in [-0.3, -0.25) is 4.79 Å². The van der Waals surface area contributed by atoms with E-state index in [1.54, 1.807) is 18.3 Å². The third kappa shape index (κ3) is 5.10. The molecule has 5 nitrogen and oxygen atoms in total. The molecule has 1 heterocycles. The average molecular weight is 323 g/mol. The summed E-state index contributed by atoms with van der Waals surface area (Å²) < 4.78 is 5.21. The lowest BCUT2D eigenvalue weighted by molar-refractivity contribution is -0.143. The number of anilines is 1. The van der Waals surface area contributed by atoms with Crippen molar-refractivity contribution in [3.8, 4) is 6.07 Å². The standard InChI is InChI=1S/C19H21N3O2/c1-14-5-6-16(15(2)12-14)7-8-18(23)24-11-10-22-19-17(13-20)4-3-9-21-19/h3-6,9,12H,7-8,10-11H2,1-2H3,(H,21,22). The highest BCUT2D eigenvalue weighted by Gasteiger charge is 2.06. The SMILES string of the molecule is Cc1ccc(CCC(=O)OCCNc2ncccc2C#N)c(C)c1. The number of nitriles is 1. The first-order valence-corrected chi connectivity index (χ1v) is 7.91. The number of pyridine rings is 1. The van der Waals surface area contributed by atoms with Gasteiger partial charge in [0, 0.05) is 12.6 Å². The Morgan fingerprint density at radius 3 is 2.92 bits per heavy atom. The zero-order chi connectivity index (χ0) is 17.4. The first-order chi connectivity index (χ1) is 11.6. The Labute approximate surface area is 142 Å². The summed E-state index contributed by atoms with van der Waals surface area (Å²) >= 11 is 0. The molecule has 0 atom stereocenters. The van der Waals surface area contributed by atoms with Crippen LogP contribution >= 0.6 is 0 Å². The summed E-state index contributed by atoms with van der Waals surface area (Å²) in [5.41, 5.74) is 4.06. The van der Waals surface area contributed by atoms with Gasteiger partial charge >= 0.3 is 5.97 Å². The van der Waals surface area contributed by atoms with Gasteiger partial charge < -0.3 is 10.1 Å². The second-order valence-electron chi connectivity index (χ2n) is 5.59. The summed E-state index contributed by atoms with van der Waals surface area (Å²) in [7, 11) is 0. The van der Waals surface area contributed by atoms with Gasteiger partial charge in [-0.25, -0.2) is 4.98 Å². The van der Waals surface area contributed by atoms with Gasteiger partial charge in [0.25, 0.3) is 0 Å². The predicted molar refractivity (Wildman–Crippen MR) is 92.6 cm³/mol. The molecule has 1 aromatic heterocycles. The van der Waals surface area contributed by atoms with Crippen LogP contribution < -0.4 is 5.32 Å². The van der Waals surface area contributed by atoms with E-state index < -0.39 is 0 Å². The zero-order valence-corrected chi connectivity index (χ0v) is 14.0. The van der Waals surface area contributed by atoms with Crippen LogP contribution in [0.5, 0.6) is 0 Å². The number of nitrogens with one attached hydrogen (secondary N) is 1. The highest BCUT2D eigenvalue weighted by molar-refractivity contribution is 5.69. The van der Waals surface area contributed by atoms with Gasteiger partial charge in [0.15, 0.2) is 0 Å². The third-order valence-corrected chi connectivity index (χ3v) is 3.68. The van der Waals surface area contributed by atoms with Crippen LogP contribution in [-0.2, 0) is 16.0 Å².